The fourth-order valence-electron chi connectivity index (χ4n) is 2.41. The molecule has 0 atom stereocenters. The Morgan fingerprint density at radius 2 is 1.68 bits per heavy atom. The van der Waals surface area contributed by atoms with Gasteiger partial charge in [0.05, 0.1) is 11.2 Å². The van der Waals surface area contributed by atoms with E-state index >= 15 is 0 Å². The van der Waals surface area contributed by atoms with Gasteiger partial charge in [0.15, 0.2) is 17.2 Å². The standard InChI is InChI=1S/C16H13N3O3/c20-16-15(19-18-10-4-2-1-3-5-10)11-8-13-14(9-12(11)17-16)22-7-6-21-13/h1-5,8-9,17,20H,6-7H2. The van der Waals surface area contributed by atoms with Crippen molar-refractivity contribution in [2.45, 2.75) is 0 Å². The van der Waals surface area contributed by atoms with Gasteiger partial charge in [-0.25, -0.2) is 0 Å². The van der Waals surface area contributed by atoms with E-state index < -0.39 is 0 Å². The van der Waals surface area contributed by atoms with E-state index in [4.69, 9.17) is 9.47 Å². The Balaban J connectivity index is 1.80. The fourth-order valence-corrected chi connectivity index (χ4v) is 2.41. The number of aromatic hydroxyl groups is 1. The van der Waals surface area contributed by atoms with Gasteiger partial charge in [0, 0.05) is 11.5 Å². The van der Waals surface area contributed by atoms with Crippen molar-refractivity contribution in [2.24, 2.45) is 10.2 Å². The molecule has 0 saturated heterocycles. The van der Waals surface area contributed by atoms with E-state index in [0.29, 0.717) is 36.1 Å². The molecule has 110 valence electrons. The maximum atomic E-state index is 10.1. The summed E-state index contributed by atoms with van der Waals surface area (Å²) in [6.45, 7) is 1.03. The highest BCUT2D eigenvalue weighted by Gasteiger charge is 2.18. The Morgan fingerprint density at radius 1 is 0.955 bits per heavy atom. The second-order valence-electron chi connectivity index (χ2n) is 4.90. The summed E-state index contributed by atoms with van der Waals surface area (Å²) in [6, 6.07) is 13.0. The Bertz CT molecular complexity index is 856. The average Bonchev–Trinajstić information content (AvgIpc) is 2.86. The van der Waals surface area contributed by atoms with Crippen LogP contribution in [0.15, 0.2) is 52.7 Å². The average molecular weight is 295 g/mol. The van der Waals surface area contributed by atoms with Gasteiger partial charge in [-0.1, -0.05) is 18.2 Å². The number of hydrogen-bond donors (Lipinski definition) is 2. The van der Waals surface area contributed by atoms with Crippen molar-refractivity contribution in [1.82, 2.24) is 4.98 Å². The number of hydrogen-bond acceptors (Lipinski definition) is 5. The van der Waals surface area contributed by atoms with Crippen molar-refractivity contribution >= 4 is 22.3 Å². The molecule has 0 fully saturated rings. The first-order chi connectivity index (χ1) is 10.8. The lowest BCUT2D eigenvalue weighted by molar-refractivity contribution is 0.172. The van der Waals surface area contributed by atoms with Crippen LogP contribution in [-0.4, -0.2) is 23.3 Å². The highest BCUT2D eigenvalue weighted by molar-refractivity contribution is 5.96. The molecule has 0 spiro atoms. The number of H-pyrrole nitrogens is 1. The summed E-state index contributed by atoms with van der Waals surface area (Å²) >= 11 is 0. The van der Waals surface area contributed by atoms with Gasteiger partial charge >= 0.3 is 0 Å². The number of fused-ring (bicyclic) bond motifs is 2. The lowest BCUT2D eigenvalue weighted by Gasteiger charge is -2.18. The maximum Gasteiger partial charge on any atom is 0.218 e. The second-order valence-corrected chi connectivity index (χ2v) is 4.90. The molecule has 2 heterocycles. The fraction of sp³-hybridized carbons (Fsp3) is 0.125. The Hall–Kier alpha value is -3.02. The van der Waals surface area contributed by atoms with Gasteiger partial charge < -0.3 is 19.6 Å². The van der Waals surface area contributed by atoms with E-state index in [1.54, 1.807) is 12.1 Å². The van der Waals surface area contributed by atoms with Gasteiger partial charge in [-0.3, -0.25) is 0 Å². The molecule has 0 bridgehead atoms. The molecule has 4 rings (SSSR count). The molecule has 0 saturated carbocycles. The number of benzene rings is 2. The molecule has 0 aliphatic carbocycles. The molecule has 2 aromatic carbocycles. The number of nitrogens with zero attached hydrogens (tertiary/aromatic N) is 2. The first-order valence-corrected chi connectivity index (χ1v) is 6.92. The minimum atomic E-state index is -0.0305. The summed E-state index contributed by atoms with van der Waals surface area (Å²) in [6.07, 6.45) is 0. The molecule has 0 unspecified atom stereocenters. The molecule has 6 heteroatoms. The molecule has 0 amide bonds. The van der Waals surface area contributed by atoms with Crippen LogP contribution in [-0.2, 0) is 0 Å². The van der Waals surface area contributed by atoms with Crippen LogP contribution in [0.1, 0.15) is 0 Å². The topological polar surface area (TPSA) is 79.2 Å². The monoisotopic (exact) mass is 295 g/mol. The molecule has 6 nitrogen and oxygen atoms in total. The third-order valence-electron chi connectivity index (χ3n) is 3.44. The van der Waals surface area contributed by atoms with Crippen molar-refractivity contribution in [3.05, 3.63) is 42.5 Å². The largest absolute Gasteiger partial charge is 0.493 e. The third-order valence-corrected chi connectivity index (χ3v) is 3.44. The smallest absolute Gasteiger partial charge is 0.218 e. The van der Waals surface area contributed by atoms with Gasteiger partial charge in [0.25, 0.3) is 0 Å². The van der Waals surface area contributed by atoms with Crippen molar-refractivity contribution < 1.29 is 14.6 Å². The van der Waals surface area contributed by atoms with E-state index in [0.717, 1.165) is 10.9 Å². The molecule has 0 radical (unpaired) electrons. The van der Waals surface area contributed by atoms with Crippen molar-refractivity contribution in [3.8, 4) is 17.4 Å². The summed E-state index contributed by atoms with van der Waals surface area (Å²) in [5.41, 5.74) is 1.83. The molecule has 1 aliphatic heterocycles. The molecule has 22 heavy (non-hydrogen) atoms. The molecular formula is C16H13N3O3. The predicted octanol–water partition coefficient (Wildman–Crippen LogP) is 4.06. The van der Waals surface area contributed by atoms with Crippen molar-refractivity contribution in [2.75, 3.05) is 13.2 Å². The minimum Gasteiger partial charge on any atom is -0.493 e. The lowest BCUT2D eigenvalue weighted by atomic mass is 10.2. The second kappa shape index (κ2) is 5.07. The van der Waals surface area contributed by atoms with Crippen molar-refractivity contribution in [3.63, 3.8) is 0 Å². The van der Waals surface area contributed by atoms with Crippen LogP contribution in [0.5, 0.6) is 17.4 Å². The highest BCUT2D eigenvalue weighted by atomic mass is 16.6. The minimum absolute atomic E-state index is 0.0305. The quantitative estimate of drug-likeness (QED) is 0.700. The zero-order chi connectivity index (χ0) is 14.9. The van der Waals surface area contributed by atoms with Gasteiger partial charge in [-0.15, -0.1) is 5.11 Å². The summed E-state index contributed by atoms with van der Waals surface area (Å²) in [7, 11) is 0. The zero-order valence-corrected chi connectivity index (χ0v) is 11.6. The number of ether oxygens (including phenoxy) is 2. The third kappa shape index (κ3) is 2.14. The normalized spacial score (nSPS) is 13.8. The van der Waals surface area contributed by atoms with Crippen LogP contribution < -0.4 is 9.47 Å². The number of nitrogens with one attached hydrogen (secondary N) is 1. The van der Waals surface area contributed by atoms with Crippen LogP contribution in [0.25, 0.3) is 10.9 Å². The summed E-state index contributed by atoms with van der Waals surface area (Å²) in [5.74, 6) is 1.28. The molecule has 2 N–H and O–H groups in total. The van der Waals surface area contributed by atoms with Crippen LogP contribution >= 0.6 is 0 Å². The van der Waals surface area contributed by atoms with Gasteiger partial charge in [-0.2, -0.15) is 5.11 Å². The van der Waals surface area contributed by atoms with Gasteiger partial charge in [0.2, 0.25) is 5.88 Å². The van der Waals surface area contributed by atoms with Crippen LogP contribution in [0, 0.1) is 0 Å². The first-order valence-electron chi connectivity index (χ1n) is 6.92. The summed E-state index contributed by atoms with van der Waals surface area (Å²) in [4.78, 5) is 2.88. The van der Waals surface area contributed by atoms with E-state index in [1.807, 2.05) is 30.3 Å². The molecular weight excluding hydrogens is 282 g/mol. The molecule has 1 aliphatic rings. The summed E-state index contributed by atoms with van der Waals surface area (Å²) in [5, 5.41) is 19.1. The lowest BCUT2D eigenvalue weighted by Crippen LogP contribution is -2.15. The van der Waals surface area contributed by atoms with Crippen LogP contribution in [0.2, 0.25) is 0 Å². The van der Waals surface area contributed by atoms with Crippen LogP contribution in [0.3, 0.4) is 0 Å². The Kier molecular flexibility index (Phi) is 2.93. The van der Waals surface area contributed by atoms with Gasteiger partial charge in [-0.05, 0) is 18.2 Å². The number of azo groups is 1. The Labute approximate surface area is 126 Å². The van der Waals surface area contributed by atoms with E-state index in [9.17, 15) is 5.11 Å². The summed E-state index contributed by atoms with van der Waals surface area (Å²) < 4.78 is 11.1. The first kappa shape index (κ1) is 12.7. The van der Waals surface area contributed by atoms with Crippen molar-refractivity contribution in [1.29, 1.82) is 0 Å². The Morgan fingerprint density at radius 3 is 2.45 bits per heavy atom. The predicted molar refractivity (Wildman–Crippen MR) is 81.6 cm³/mol. The number of aromatic amines is 1. The molecule has 3 aromatic rings. The van der Waals surface area contributed by atoms with E-state index in [1.165, 1.54) is 0 Å². The number of aromatic nitrogens is 1. The van der Waals surface area contributed by atoms with Gasteiger partial charge in [0.1, 0.15) is 13.2 Å². The molecule has 1 aromatic heterocycles. The van der Waals surface area contributed by atoms with E-state index in [-0.39, 0.29) is 5.88 Å². The highest BCUT2D eigenvalue weighted by Crippen LogP contribution is 2.42. The SMILES string of the molecule is Oc1[nH]c2cc3c(cc2c1N=Nc1ccccc1)OCCO3. The van der Waals surface area contributed by atoms with Crippen LogP contribution in [0.4, 0.5) is 11.4 Å². The zero-order valence-electron chi connectivity index (χ0n) is 11.6. The van der Waals surface area contributed by atoms with E-state index in [2.05, 4.69) is 15.2 Å². The maximum absolute atomic E-state index is 10.1. The number of rotatable bonds is 2.